The summed E-state index contributed by atoms with van der Waals surface area (Å²) in [5, 5.41) is 10.7. The Morgan fingerprint density at radius 3 is 2.62 bits per heavy atom. The van der Waals surface area contributed by atoms with E-state index in [1.165, 1.54) is 22.9 Å². The molecule has 0 radical (unpaired) electrons. The van der Waals surface area contributed by atoms with Crippen LogP contribution in [0.1, 0.15) is 27.4 Å². The Hall–Kier alpha value is -3.53. The number of ether oxygens (including phenoxy) is 1. The molecule has 0 atom stereocenters. The number of nitrogens with zero attached hydrogens (tertiary/aromatic N) is 3. The number of rotatable bonds is 7. The standard InChI is InChI=1S/C22H17BrF2N4O3/c1-13-15(12-31-19-9-5-4-8-18(19)25)20(28-32-13)22(30)26-21-16(23)11-29(27-21)10-14-6-2-3-7-17(14)24/h2-9,11H,10,12H2,1H3,(H,26,27,30). The number of carbonyl (C=O) groups is 1. The van der Waals surface area contributed by atoms with Crippen molar-refractivity contribution in [3.8, 4) is 5.75 Å². The van der Waals surface area contributed by atoms with Crippen LogP contribution in [0.5, 0.6) is 5.75 Å². The van der Waals surface area contributed by atoms with Crippen LogP contribution >= 0.6 is 15.9 Å². The van der Waals surface area contributed by atoms with Crippen LogP contribution in [0, 0.1) is 18.6 Å². The minimum atomic E-state index is -0.578. The maximum Gasteiger partial charge on any atom is 0.279 e. The van der Waals surface area contributed by atoms with Gasteiger partial charge in [-0.1, -0.05) is 35.5 Å². The molecular formula is C22H17BrF2N4O3. The van der Waals surface area contributed by atoms with Gasteiger partial charge >= 0.3 is 0 Å². The highest BCUT2D eigenvalue weighted by atomic mass is 79.9. The number of aryl methyl sites for hydroxylation is 1. The fourth-order valence-corrected chi connectivity index (χ4v) is 3.40. The first-order valence-corrected chi connectivity index (χ1v) is 10.3. The summed E-state index contributed by atoms with van der Waals surface area (Å²) in [6, 6.07) is 12.3. The van der Waals surface area contributed by atoms with Gasteiger partial charge in [0.1, 0.15) is 18.2 Å². The van der Waals surface area contributed by atoms with E-state index in [4.69, 9.17) is 9.26 Å². The Labute approximate surface area is 190 Å². The lowest BCUT2D eigenvalue weighted by molar-refractivity contribution is 0.101. The largest absolute Gasteiger partial charge is 0.486 e. The first-order chi connectivity index (χ1) is 15.4. The fraction of sp³-hybridized carbons (Fsp3) is 0.136. The first kappa shape index (κ1) is 21.7. The van der Waals surface area contributed by atoms with Gasteiger partial charge in [-0.05, 0) is 41.1 Å². The summed E-state index contributed by atoms with van der Waals surface area (Å²) in [5.41, 5.74) is 0.835. The summed E-state index contributed by atoms with van der Waals surface area (Å²) in [4.78, 5) is 12.8. The average molecular weight is 503 g/mol. The molecule has 1 N–H and O–H groups in total. The second kappa shape index (κ2) is 9.31. The second-order valence-electron chi connectivity index (χ2n) is 6.85. The van der Waals surface area contributed by atoms with Crippen LogP contribution in [0.3, 0.4) is 0 Å². The van der Waals surface area contributed by atoms with Gasteiger partial charge in [0.15, 0.2) is 23.1 Å². The smallest absolute Gasteiger partial charge is 0.279 e. The molecule has 2 heterocycles. The highest BCUT2D eigenvalue weighted by Crippen LogP contribution is 2.24. The molecule has 0 saturated carbocycles. The molecule has 0 bridgehead atoms. The van der Waals surface area contributed by atoms with Crippen LogP contribution in [-0.2, 0) is 13.2 Å². The van der Waals surface area contributed by atoms with Crippen LogP contribution in [0.25, 0.3) is 0 Å². The predicted octanol–water partition coefficient (Wildman–Crippen LogP) is 5.10. The molecule has 2 aromatic heterocycles. The number of nitrogens with one attached hydrogen (secondary N) is 1. The van der Waals surface area contributed by atoms with Gasteiger partial charge < -0.3 is 14.6 Å². The molecule has 0 saturated heterocycles. The van der Waals surface area contributed by atoms with E-state index in [-0.39, 0.29) is 36.2 Å². The van der Waals surface area contributed by atoms with E-state index in [2.05, 4.69) is 31.5 Å². The molecule has 2 aromatic carbocycles. The summed E-state index contributed by atoms with van der Waals surface area (Å²) in [6.07, 6.45) is 1.62. The monoisotopic (exact) mass is 502 g/mol. The van der Waals surface area contributed by atoms with Crippen LogP contribution < -0.4 is 10.1 Å². The molecule has 32 heavy (non-hydrogen) atoms. The number of hydrogen-bond donors (Lipinski definition) is 1. The highest BCUT2D eigenvalue weighted by Gasteiger charge is 2.22. The van der Waals surface area contributed by atoms with Crippen LogP contribution in [-0.4, -0.2) is 20.8 Å². The number of carbonyl (C=O) groups excluding carboxylic acids is 1. The van der Waals surface area contributed by atoms with Gasteiger partial charge in [0.25, 0.3) is 5.91 Å². The number of aromatic nitrogens is 3. The zero-order valence-electron chi connectivity index (χ0n) is 16.8. The molecule has 10 heteroatoms. The Morgan fingerprint density at radius 1 is 1.16 bits per heavy atom. The van der Waals surface area contributed by atoms with E-state index in [9.17, 15) is 13.6 Å². The quantitative estimate of drug-likeness (QED) is 0.380. The summed E-state index contributed by atoms with van der Waals surface area (Å²) in [7, 11) is 0. The fourth-order valence-electron chi connectivity index (χ4n) is 2.98. The van der Waals surface area contributed by atoms with Crippen molar-refractivity contribution < 1.29 is 22.8 Å². The van der Waals surface area contributed by atoms with Crippen LogP contribution in [0.15, 0.2) is 63.7 Å². The van der Waals surface area contributed by atoms with Crippen molar-refractivity contribution >= 4 is 27.7 Å². The molecule has 0 aliphatic rings. The lowest BCUT2D eigenvalue weighted by atomic mass is 10.2. The number of para-hydroxylation sites is 1. The molecule has 4 aromatic rings. The van der Waals surface area contributed by atoms with Crippen LogP contribution in [0.4, 0.5) is 14.6 Å². The van der Waals surface area contributed by atoms with E-state index in [0.717, 1.165) is 0 Å². The molecule has 1 amide bonds. The lowest BCUT2D eigenvalue weighted by Gasteiger charge is -2.07. The third-order valence-corrected chi connectivity index (χ3v) is 5.23. The molecule has 0 fully saturated rings. The number of benzene rings is 2. The summed E-state index contributed by atoms with van der Waals surface area (Å²) >= 11 is 3.34. The van der Waals surface area contributed by atoms with Crippen molar-refractivity contribution in [2.45, 2.75) is 20.1 Å². The third kappa shape index (κ3) is 4.70. The first-order valence-electron chi connectivity index (χ1n) is 9.52. The summed E-state index contributed by atoms with van der Waals surface area (Å²) < 4.78 is 40.3. The Morgan fingerprint density at radius 2 is 1.88 bits per heavy atom. The minimum absolute atomic E-state index is 0.00519. The number of anilines is 1. The Balaban J connectivity index is 1.48. The van der Waals surface area contributed by atoms with Gasteiger partial charge in [0.05, 0.1) is 16.6 Å². The summed E-state index contributed by atoms with van der Waals surface area (Å²) in [5.74, 6) is -0.789. The van der Waals surface area contributed by atoms with Crippen molar-refractivity contribution in [2.24, 2.45) is 0 Å². The van der Waals surface area contributed by atoms with E-state index < -0.39 is 11.7 Å². The van der Waals surface area contributed by atoms with Crippen molar-refractivity contribution in [2.75, 3.05) is 5.32 Å². The molecule has 0 aliphatic heterocycles. The zero-order chi connectivity index (χ0) is 22.7. The molecular weight excluding hydrogens is 486 g/mol. The molecule has 4 rings (SSSR count). The maximum absolute atomic E-state index is 13.9. The van der Waals surface area contributed by atoms with Crippen LogP contribution in [0.2, 0.25) is 0 Å². The average Bonchev–Trinajstić information content (AvgIpc) is 3.31. The third-order valence-electron chi connectivity index (χ3n) is 4.65. The molecule has 164 valence electrons. The topological polar surface area (TPSA) is 82.2 Å². The van der Waals surface area contributed by atoms with Crippen molar-refractivity contribution in [3.63, 3.8) is 0 Å². The number of amides is 1. The molecule has 0 unspecified atom stereocenters. The lowest BCUT2D eigenvalue weighted by Crippen LogP contribution is -2.16. The SMILES string of the molecule is Cc1onc(C(=O)Nc2nn(Cc3ccccc3F)cc2Br)c1COc1ccccc1F. The summed E-state index contributed by atoms with van der Waals surface area (Å²) in [6.45, 7) is 1.71. The predicted molar refractivity (Wildman–Crippen MR) is 115 cm³/mol. The number of halogens is 3. The molecule has 7 nitrogen and oxygen atoms in total. The van der Waals surface area contributed by atoms with Crippen molar-refractivity contribution in [1.82, 2.24) is 14.9 Å². The Bertz CT molecular complexity index is 1270. The van der Waals surface area contributed by atoms with E-state index in [1.807, 2.05) is 0 Å². The van der Waals surface area contributed by atoms with Gasteiger partial charge in [-0.2, -0.15) is 5.10 Å². The molecule has 0 aliphatic carbocycles. The zero-order valence-corrected chi connectivity index (χ0v) is 18.4. The normalized spacial score (nSPS) is 10.9. The number of hydrogen-bond acceptors (Lipinski definition) is 5. The van der Waals surface area contributed by atoms with Gasteiger partial charge in [0.2, 0.25) is 0 Å². The Kier molecular flexibility index (Phi) is 6.31. The van der Waals surface area contributed by atoms with Crippen molar-refractivity contribution in [3.05, 3.63) is 93.4 Å². The molecule has 0 spiro atoms. The highest BCUT2D eigenvalue weighted by molar-refractivity contribution is 9.10. The van der Waals surface area contributed by atoms with E-state index in [0.29, 0.717) is 21.4 Å². The second-order valence-corrected chi connectivity index (χ2v) is 7.71. The van der Waals surface area contributed by atoms with Crippen molar-refractivity contribution in [1.29, 1.82) is 0 Å². The maximum atomic E-state index is 13.9. The van der Waals surface area contributed by atoms with Gasteiger partial charge in [0, 0.05) is 11.8 Å². The van der Waals surface area contributed by atoms with Gasteiger partial charge in [-0.3, -0.25) is 9.48 Å². The minimum Gasteiger partial charge on any atom is -0.486 e. The van der Waals surface area contributed by atoms with Gasteiger partial charge in [-0.25, -0.2) is 8.78 Å². The van der Waals surface area contributed by atoms with E-state index >= 15 is 0 Å². The van der Waals surface area contributed by atoms with E-state index in [1.54, 1.807) is 43.5 Å². The van der Waals surface area contributed by atoms with Gasteiger partial charge in [-0.15, -0.1) is 0 Å².